The number of pyridine rings is 1. The Hall–Kier alpha value is -4.59. The molecule has 0 saturated heterocycles. The molecule has 3 aromatic carbocycles. The first-order valence-electron chi connectivity index (χ1n) is 13.7. The third-order valence-electron chi connectivity index (χ3n) is 7.64. The maximum Gasteiger partial charge on any atom is 0.270 e. The number of amides is 2. The number of ether oxygens (including phenoxy) is 1. The summed E-state index contributed by atoms with van der Waals surface area (Å²) in [6.45, 7) is 1.12. The lowest BCUT2D eigenvalue weighted by molar-refractivity contribution is 0.0774. The van der Waals surface area contributed by atoms with Gasteiger partial charge in [-0.1, -0.05) is 65.7 Å². The second kappa shape index (κ2) is 12.0. The summed E-state index contributed by atoms with van der Waals surface area (Å²) < 4.78 is 7.69. The summed E-state index contributed by atoms with van der Waals surface area (Å²) in [6, 6.07) is 26.0. The lowest BCUT2D eigenvalue weighted by Gasteiger charge is -2.24. The summed E-state index contributed by atoms with van der Waals surface area (Å²) in [6.07, 6.45) is 3.46. The van der Waals surface area contributed by atoms with Gasteiger partial charge in [-0.15, -0.1) is 0 Å². The van der Waals surface area contributed by atoms with Crippen molar-refractivity contribution in [2.45, 2.75) is 19.6 Å². The summed E-state index contributed by atoms with van der Waals surface area (Å²) >= 11 is 13.2. The quantitative estimate of drug-likeness (QED) is 0.202. The molecule has 7 nitrogen and oxygen atoms in total. The zero-order valence-corrected chi connectivity index (χ0v) is 25.1. The monoisotopic (exact) mass is 610 g/mol. The van der Waals surface area contributed by atoms with Gasteiger partial charge in [0.05, 0.1) is 25.8 Å². The highest BCUT2D eigenvalue weighted by molar-refractivity contribution is 6.37. The average Bonchev–Trinajstić information content (AvgIpc) is 3.33. The minimum atomic E-state index is -0.270. The number of para-hydroxylation sites is 1. The largest absolute Gasteiger partial charge is 0.496 e. The van der Waals surface area contributed by atoms with Crippen molar-refractivity contribution < 1.29 is 14.3 Å². The Bertz CT molecular complexity index is 1840. The van der Waals surface area contributed by atoms with E-state index in [0.717, 1.165) is 28.1 Å². The van der Waals surface area contributed by atoms with Gasteiger partial charge in [-0.3, -0.25) is 14.6 Å². The molecule has 2 aromatic heterocycles. The van der Waals surface area contributed by atoms with Crippen molar-refractivity contribution in [1.82, 2.24) is 14.5 Å². The van der Waals surface area contributed by atoms with Gasteiger partial charge in [0.1, 0.15) is 11.4 Å². The molecule has 0 saturated carbocycles. The van der Waals surface area contributed by atoms with Gasteiger partial charge in [0.15, 0.2) is 0 Å². The van der Waals surface area contributed by atoms with E-state index in [4.69, 9.17) is 27.9 Å². The number of carbonyl (C=O) groups is 2. The standard InChI is InChI=1S/C34H28Cl2N4O3/c1-38(19-22-8-7-15-37-18-22)34(42)31-14-13-24-21-40(30-12-6-3-9-23(30)20-39(24)31)33(41)27-16-29(36)26(17-32(27)43-2)25-10-4-5-11-28(25)35/h3-18H,19-21H2,1-2H3. The Kier molecular flexibility index (Phi) is 7.93. The zero-order chi connectivity index (χ0) is 30.1. The molecular formula is C34H28Cl2N4O3. The smallest absolute Gasteiger partial charge is 0.270 e. The Labute approximate surface area is 259 Å². The van der Waals surface area contributed by atoms with E-state index >= 15 is 0 Å². The molecule has 216 valence electrons. The van der Waals surface area contributed by atoms with Crippen LogP contribution in [0.25, 0.3) is 11.1 Å². The van der Waals surface area contributed by atoms with E-state index in [0.29, 0.717) is 45.7 Å². The van der Waals surface area contributed by atoms with Crippen LogP contribution in [0.2, 0.25) is 10.0 Å². The van der Waals surface area contributed by atoms with Crippen molar-refractivity contribution in [3.63, 3.8) is 0 Å². The predicted octanol–water partition coefficient (Wildman–Crippen LogP) is 7.35. The molecule has 0 atom stereocenters. The van der Waals surface area contributed by atoms with Gasteiger partial charge in [-0.2, -0.15) is 0 Å². The molecule has 5 aromatic rings. The van der Waals surface area contributed by atoms with Crippen LogP contribution < -0.4 is 9.64 Å². The van der Waals surface area contributed by atoms with Crippen molar-refractivity contribution in [2.75, 3.05) is 19.1 Å². The normalized spacial score (nSPS) is 12.2. The van der Waals surface area contributed by atoms with Gasteiger partial charge in [-0.05, 0) is 53.6 Å². The number of benzene rings is 3. The van der Waals surface area contributed by atoms with Crippen molar-refractivity contribution in [2.24, 2.45) is 0 Å². The van der Waals surface area contributed by atoms with Gasteiger partial charge in [0.2, 0.25) is 0 Å². The topological polar surface area (TPSA) is 67.7 Å². The van der Waals surface area contributed by atoms with Crippen LogP contribution in [0.5, 0.6) is 5.75 Å². The Balaban J connectivity index is 1.36. The predicted molar refractivity (Wildman–Crippen MR) is 169 cm³/mol. The molecule has 9 heteroatoms. The minimum Gasteiger partial charge on any atom is -0.496 e. The fourth-order valence-electron chi connectivity index (χ4n) is 5.48. The number of carbonyl (C=O) groups excluding carboxylic acids is 2. The first-order valence-corrected chi connectivity index (χ1v) is 14.5. The maximum absolute atomic E-state index is 14.3. The first-order chi connectivity index (χ1) is 20.9. The van der Waals surface area contributed by atoms with E-state index < -0.39 is 0 Å². The van der Waals surface area contributed by atoms with E-state index in [1.165, 1.54) is 7.11 Å². The summed E-state index contributed by atoms with van der Waals surface area (Å²) in [5.74, 6) is -0.00146. The highest BCUT2D eigenvalue weighted by Crippen LogP contribution is 2.39. The average molecular weight is 612 g/mol. The highest BCUT2D eigenvalue weighted by atomic mass is 35.5. The van der Waals surface area contributed by atoms with Crippen LogP contribution in [0.4, 0.5) is 5.69 Å². The van der Waals surface area contributed by atoms with Crippen LogP contribution in [-0.4, -0.2) is 40.4 Å². The second-order valence-corrected chi connectivity index (χ2v) is 11.2. The van der Waals surface area contributed by atoms with Gasteiger partial charge in [0, 0.05) is 58.5 Å². The SMILES string of the molecule is COc1cc(-c2ccccc2Cl)c(Cl)cc1C(=O)N1Cc2ccc(C(=O)N(C)Cc3cccnc3)n2Cc2ccccc21. The van der Waals surface area contributed by atoms with Crippen molar-refractivity contribution in [3.05, 3.63) is 135 Å². The third kappa shape index (κ3) is 5.49. The minimum absolute atomic E-state index is 0.115. The van der Waals surface area contributed by atoms with E-state index in [2.05, 4.69) is 4.98 Å². The molecule has 0 bridgehead atoms. The molecule has 0 radical (unpaired) electrons. The second-order valence-electron chi connectivity index (χ2n) is 10.4. The van der Waals surface area contributed by atoms with Gasteiger partial charge in [-0.25, -0.2) is 0 Å². The number of nitrogens with zero attached hydrogens (tertiary/aromatic N) is 4. The molecule has 0 unspecified atom stereocenters. The number of hydrogen-bond donors (Lipinski definition) is 0. The lowest BCUT2D eigenvalue weighted by atomic mass is 10.0. The van der Waals surface area contributed by atoms with Gasteiger partial charge in [0.25, 0.3) is 11.8 Å². The van der Waals surface area contributed by atoms with Gasteiger partial charge < -0.3 is 19.1 Å². The van der Waals surface area contributed by atoms with E-state index in [1.54, 1.807) is 47.4 Å². The fraction of sp³-hybridized carbons (Fsp3) is 0.147. The number of fused-ring (bicyclic) bond motifs is 2. The molecule has 6 rings (SSSR count). The van der Waals surface area contributed by atoms with E-state index in [9.17, 15) is 9.59 Å². The fourth-order valence-corrected chi connectivity index (χ4v) is 5.98. The highest BCUT2D eigenvalue weighted by Gasteiger charge is 2.30. The Morgan fingerprint density at radius 3 is 2.47 bits per heavy atom. The Morgan fingerprint density at radius 1 is 0.907 bits per heavy atom. The maximum atomic E-state index is 14.3. The number of anilines is 1. The third-order valence-corrected chi connectivity index (χ3v) is 8.28. The molecule has 43 heavy (non-hydrogen) atoms. The van der Waals surface area contributed by atoms with Crippen LogP contribution in [0.3, 0.4) is 0 Å². The Morgan fingerprint density at radius 2 is 1.70 bits per heavy atom. The van der Waals surface area contributed by atoms with Gasteiger partial charge >= 0.3 is 0 Å². The molecule has 1 aliphatic heterocycles. The lowest BCUT2D eigenvalue weighted by Crippen LogP contribution is -2.31. The molecule has 0 fully saturated rings. The first kappa shape index (κ1) is 28.5. The van der Waals surface area contributed by atoms with Crippen molar-refractivity contribution in [1.29, 1.82) is 0 Å². The van der Waals surface area contributed by atoms with E-state index in [1.807, 2.05) is 71.3 Å². The number of hydrogen-bond acceptors (Lipinski definition) is 4. The molecule has 0 aliphatic carbocycles. The molecular weight excluding hydrogens is 583 g/mol. The molecule has 1 aliphatic rings. The number of halogens is 2. The summed E-state index contributed by atoms with van der Waals surface area (Å²) in [7, 11) is 3.30. The number of rotatable bonds is 6. The van der Waals surface area contributed by atoms with Crippen LogP contribution >= 0.6 is 23.2 Å². The molecule has 0 spiro atoms. The summed E-state index contributed by atoms with van der Waals surface area (Å²) in [5.41, 5.74) is 5.73. The molecule has 0 N–H and O–H groups in total. The van der Waals surface area contributed by atoms with Crippen molar-refractivity contribution >= 4 is 40.7 Å². The van der Waals surface area contributed by atoms with Crippen LogP contribution in [0.15, 0.2) is 97.3 Å². The van der Waals surface area contributed by atoms with E-state index in [-0.39, 0.29) is 18.4 Å². The molecule has 2 amide bonds. The van der Waals surface area contributed by atoms with Crippen LogP contribution in [0.1, 0.15) is 37.7 Å². The number of aromatic nitrogens is 2. The molecule has 3 heterocycles. The van der Waals surface area contributed by atoms with Crippen LogP contribution in [-0.2, 0) is 19.6 Å². The summed E-state index contributed by atoms with van der Waals surface area (Å²) in [5, 5.41) is 0.928. The summed E-state index contributed by atoms with van der Waals surface area (Å²) in [4.78, 5) is 35.4. The zero-order valence-electron chi connectivity index (χ0n) is 23.6. The van der Waals surface area contributed by atoms with Crippen LogP contribution in [0, 0.1) is 0 Å². The number of methoxy groups -OCH3 is 1. The van der Waals surface area contributed by atoms with Crippen molar-refractivity contribution in [3.8, 4) is 16.9 Å².